The van der Waals surface area contributed by atoms with Crippen molar-refractivity contribution < 1.29 is 13.2 Å². The molecular weight excluding hydrogens is 342 g/mol. The minimum Gasteiger partial charge on any atom is -0.340 e. The molecule has 1 atom stereocenters. The first-order valence-electron chi connectivity index (χ1n) is 7.22. The zero-order valence-corrected chi connectivity index (χ0v) is 15.2. The standard InChI is InChI=1S/C13H23N5O3S.ClH/c1-14-12(11-9-15-16(2)10-11)13(19)17-5-4-6-18(8-7-17)22(3,20)21;/h9-10,12,14H,4-8H2,1-3H3;1H. The lowest BCUT2D eigenvalue weighted by Gasteiger charge is -2.25. The van der Waals surface area contributed by atoms with E-state index >= 15 is 0 Å². The van der Waals surface area contributed by atoms with Crippen LogP contribution in [0.4, 0.5) is 0 Å². The van der Waals surface area contributed by atoms with Gasteiger partial charge in [-0.1, -0.05) is 0 Å². The summed E-state index contributed by atoms with van der Waals surface area (Å²) in [6, 6.07) is -0.460. The number of halogens is 1. The van der Waals surface area contributed by atoms with E-state index in [1.807, 2.05) is 0 Å². The maximum Gasteiger partial charge on any atom is 0.244 e. The first-order valence-corrected chi connectivity index (χ1v) is 9.07. The van der Waals surface area contributed by atoms with E-state index in [4.69, 9.17) is 0 Å². The highest BCUT2D eigenvalue weighted by atomic mass is 35.5. The minimum absolute atomic E-state index is 0. The number of nitrogens with zero attached hydrogens (tertiary/aromatic N) is 4. The number of rotatable bonds is 4. The van der Waals surface area contributed by atoms with Crippen LogP contribution >= 0.6 is 12.4 Å². The minimum atomic E-state index is -3.21. The molecule has 1 aliphatic rings. The van der Waals surface area contributed by atoms with Gasteiger partial charge in [0.05, 0.1) is 12.5 Å². The molecule has 0 spiro atoms. The van der Waals surface area contributed by atoms with Crippen molar-refractivity contribution in [3.8, 4) is 0 Å². The Hall–Kier alpha value is -1.16. The molecule has 0 radical (unpaired) electrons. The Morgan fingerprint density at radius 2 is 2.00 bits per heavy atom. The van der Waals surface area contributed by atoms with Crippen molar-refractivity contribution >= 4 is 28.3 Å². The number of likely N-dealkylation sites (N-methyl/N-ethyl adjacent to an activating group) is 1. The fourth-order valence-electron chi connectivity index (χ4n) is 2.65. The summed E-state index contributed by atoms with van der Waals surface area (Å²) in [5, 5.41) is 7.11. The van der Waals surface area contributed by atoms with Crippen LogP contribution in [0.15, 0.2) is 12.4 Å². The van der Waals surface area contributed by atoms with Crippen LogP contribution in [0.3, 0.4) is 0 Å². The quantitative estimate of drug-likeness (QED) is 0.784. The molecule has 0 bridgehead atoms. The summed E-state index contributed by atoms with van der Waals surface area (Å²) in [4.78, 5) is 14.4. The Balaban J connectivity index is 0.00000264. The predicted molar refractivity (Wildman–Crippen MR) is 89.9 cm³/mol. The Bertz CT molecular complexity index is 633. The molecule has 10 heteroatoms. The van der Waals surface area contributed by atoms with Gasteiger partial charge in [-0.05, 0) is 13.5 Å². The molecule has 8 nitrogen and oxygen atoms in total. The van der Waals surface area contributed by atoms with Gasteiger partial charge in [-0.2, -0.15) is 5.10 Å². The maximum atomic E-state index is 12.7. The van der Waals surface area contributed by atoms with Crippen molar-refractivity contribution in [1.29, 1.82) is 0 Å². The molecule has 1 fully saturated rings. The summed E-state index contributed by atoms with van der Waals surface area (Å²) in [6.07, 6.45) is 5.32. The van der Waals surface area contributed by atoms with Crippen LogP contribution in [0, 0.1) is 0 Å². The largest absolute Gasteiger partial charge is 0.340 e. The van der Waals surface area contributed by atoms with Gasteiger partial charge in [-0.3, -0.25) is 9.48 Å². The van der Waals surface area contributed by atoms with Crippen molar-refractivity contribution in [1.82, 2.24) is 24.3 Å². The van der Waals surface area contributed by atoms with Crippen LogP contribution < -0.4 is 5.32 Å². The molecule has 1 unspecified atom stereocenters. The van der Waals surface area contributed by atoms with Crippen molar-refractivity contribution in [2.45, 2.75) is 12.5 Å². The number of aromatic nitrogens is 2. The fourth-order valence-corrected chi connectivity index (χ4v) is 3.52. The third-order valence-corrected chi connectivity index (χ3v) is 5.13. The molecule has 0 aromatic carbocycles. The molecule has 1 aromatic rings. The number of hydrogen-bond donors (Lipinski definition) is 1. The zero-order chi connectivity index (χ0) is 16.3. The Morgan fingerprint density at radius 1 is 1.30 bits per heavy atom. The predicted octanol–water partition coefficient (Wildman–Crippen LogP) is -0.404. The summed E-state index contributed by atoms with van der Waals surface area (Å²) in [6.45, 7) is 1.77. The van der Waals surface area contributed by atoms with Gasteiger partial charge in [0.25, 0.3) is 0 Å². The van der Waals surface area contributed by atoms with E-state index in [1.165, 1.54) is 10.6 Å². The van der Waals surface area contributed by atoms with Gasteiger partial charge < -0.3 is 10.2 Å². The number of carbonyl (C=O) groups excluding carboxylic acids is 1. The first kappa shape index (κ1) is 19.9. The Morgan fingerprint density at radius 3 is 2.52 bits per heavy atom. The second kappa shape index (κ2) is 8.09. The van der Waals surface area contributed by atoms with Crippen LogP contribution in [0.1, 0.15) is 18.0 Å². The van der Waals surface area contributed by atoms with Crippen LogP contribution in [-0.2, 0) is 21.9 Å². The summed E-state index contributed by atoms with van der Waals surface area (Å²) in [5.74, 6) is -0.0501. The van der Waals surface area contributed by atoms with E-state index in [9.17, 15) is 13.2 Å². The topological polar surface area (TPSA) is 87.5 Å². The summed E-state index contributed by atoms with van der Waals surface area (Å²) in [5.41, 5.74) is 0.805. The molecule has 132 valence electrons. The molecule has 2 rings (SSSR count). The number of sulfonamides is 1. The molecule has 1 amide bonds. The van der Waals surface area contributed by atoms with E-state index in [2.05, 4.69) is 10.4 Å². The highest BCUT2D eigenvalue weighted by Gasteiger charge is 2.29. The van der Waals surface area contributed by atoms with Gasteiger partial charge in [-0.15, -0.1) is 12.4 Å². The summed E-state index contributed by atoms with van der Waals surface area (Å²) >= 11 is 0. The number of hydrogen-bond acceptors (Lipinski definition) is 5. The van der Waals surface area contributed by atoms with Crippen molar-refractivity contribution in [2.75, 3.05) is 39.5 Å². The highest BCUT2D eigenvalue weighted by Crippen LogP contribution is 2.16. The molecule has 2 heterocycles. The lowest BCUT2D eigenvalue weighted by Crippen LogP contribution is -2.42. The van der Waals surface area contributed by atoms with Gasteiger partial charge in [-0.25, -0.2) is 12.7 Å². The highest BCUT2D eigenvalue weighted by molar-refractivity contribution is 7.88. The molecular formula is C13H24ClN5O3S. The van der Waals surface area contributed by atoms with E-state index in [0.717, 1.165) is 5.56 Å². The third kappa shape index (κ3) is 4.90. The van der Waals surface area contributed by atoms with Crippen molar-refractivity contribution in [3.05, 3.63) is 18.0 Å². The van der Waals surface area contributed by atoms with Crippen LogP contribution in [0.5, 0.6) is 0 Å². The lowest BCUT2D eigenvalue weighted by atomic mass is 10.1. The molecule has 23 heavy (non-hydrogen) atoms. The zero-order valence-electron chi connectivity index (χ0n) is 13.6. The third-order valence-electron chi connectivity index (χ3n) is 3.83. The molecule has 0 saturated carbocycles. The van der Waals surface area contributed by atoms with Crippen LogP contribution in [0.2, 0.25) is 0 Å². The summed E-state index contributed by atoms with van der Waals surface area (Å²) in [7, 11) is 0.328. The van der Waals surface area contributed by atoms with E-state index < -0.39 is 16.1 Å². The molecule has 1 aromatic heterocycles. The number of aryl methyl sites for hydroxylation is 1. The van der Waals surface area contributed by atoms with Crippen LogP contribution in [-0.4, -0.2) is 72.8 Å². The monoisotopic (exact) mass is 365 g/mol. The molecule has 1 aliphatic heterocycles. The van der Waals surface area contributed by atoms with Gasteiger partial charge in [0.15, 0.2) is 0 Å². The van der Waals surface area contributed by atoms with Gasteiger partial charge in [0, 0.05) is 45.0 Å². The second-order valence-electron chi connectivity index (χ2n) is 5.51. The van der Waals surface area contributed by atoms with Crippen molar-refractivity contribution in [3.63, 3.8) is 0 Å². The molecule has 0 aliphatic carbocycles. The van der Waals surface area contributed by atoms with E-state index in [0.29, 0.717) is 32.6 Å². The average molecular weight is 366 g/mol. The van der Waals surface area contributed by atoms with Gasteiger partial charge in [0.1, 0.15) is 6.04 Å². The molecule has 1 N–H and O–H groups in total. The normalized spacial score (nSPS) is 18.1. The van der Waals surface area contributed by atoms with Gasteiger partial charge >= 0.3 is 0 Å². The number of nitrogens with one attached hydrogen (secondary N) is 1. The summed E-state index contributed by atoms with van der Waals surface area (Å²) < 4.78 is 26.3. The molecule has 1 saturated heterocycles. The number of amides is 1. The van der Waals surface area contributed by atoms with Gasteiger partial charge in [0.2, 0.25) is 15.9 Å². The smallest absolute Gasteiger partial charge is 0.244 e. The second-order valence-corrected chi connectivity index (χ2v) is 7.49. The fraction of sp³-hybridized carbons (Fsp3) is 0.692. The van der Waals surface area contributed by atoms with E-state index in [1.54, 1.807) is 36.1 Å². The van der Waals surface area contributed by atoms with Crippen LogP contribution in [0.25, 0.3) is 0 Å². The van der Waals surface area contributed by atoms with E-state index in [-0.39, 0.29) is 18.3 Å². The average Bonchev–Trinajstić information content (AvgIpc) is 2.73. The van der Waals surface area contributed by atoms with Crippen molar-refractivity contribution in [2.24, 2.45) is 7.05 Å². The first-order chi connectivity index (χ1) is 10.3. The Labute approximate surface area is 143 Å². The SMILES string of the molecule is CNC(C(=O)N1CCCN(S(C)(=O)=O)CC1)c1cnn(C)c1.Cl. The number of carbonyl (C=O) groups is 1. The maximum absolute atomic E-state index is 12.7. The lowest BCUT2D eigenvalue weighted by molar-refractivity contribution is -0.133. The Kier molecular flexibility index (Phi) is 7.00.